The summed E-state index contributed by atoms with van der Waals surface area (Å²) in [4.78, 5) is 13.7. The first kappa shape index (κ1) is 18.1. The van der Waals surface area contributed by atoms with Crippen molar-refractivity contribution in [1.82, 2.24) is 4.90 Å². The number of aliphatic carboxylic acids is 1. The van der Waals surface area contributed by atoms with Crippen LogP contribution in [0, 0.1) is 11.6 Å². The van der Waals surface area contributed by atoms with Gasteiger partial charge < -0.3 is 5.11 Å². The fraction of sp³-hybridized carbons (Fsp3) is 0.286. The second kappa shape index (κ2) is 7.37. The molecule has 1 saturated heterocycles. The molecule has 1 aliphatic heterocycles. The summed E-state index contributed by atoms with van der Waals surface area (Å²) in [5.74, 6) is -2.19. The van der Waals surface area contributed by atoms with Gasteiger partial charge in [0.15, 0.2) is 0 Å². The third-order valence-electron chi connectivity index (χ3n) is 5.22. The van der Waals surface area contributed by atoms with Crippen LogP contribution in [-0.4, -0.2) is 28.6 Å². The Bertz CT molecular complexity index is 987. The van der Waals surface area contributed by atoms with E-state index in [-0.39, 0.29) is 0 Å². The number of likely N-dealkylation sites (tertiary alicyclic amines) is 1. The molecule has 0 radical (unpaired) electrons. The van der Waals surface area contributed by atoms with Crippen LogP contribution in [0.5, 0.6) is 0 Å². The van der Waals surface area contributed by atoms with Crippen molar-refractivity contribution in [2.24, 2.45) is 0 Å². The molecule has 1 fully saturated rings. The number of hydrogen-bond acceptors (Lipinski definition) is 3. The fourth-order valence-electron chi connectivity index (χ4n) is 3.99. The Morgan fingerprint density at radius 1 is 1.15 bits per heavy atom. The number of piperidine rings is 1. The highest BCUT2D eigenvalue weighted by Gasteiger charge is 2.37. The SMILES string of the molecule is O=C(O)C1CCCCN1C(c1ccc(F)cc1F)c1csc2ccccc12. The smallest absolute Gasteiger partial charge is 0.320 e. The van der Waals surface area contributed by atoms with Crippen molar-refractivity contribution in [3.63, 3.8) is 0 Å². The van der Waals surface area contributed by atoms with Gasteiger partial charge in [0.05, 0.1) is 6.04 Å². The standard InChI is InChI=1S/C21H19F2NO2S/c22-13-8-9-15(17(23)11-13)20(24-10-4-3-6-18(24)21(25)26)16-12-27-19-7-2-1-5-14(16)19/h1-2,5,7-9,11-12,18,20H,3-4,6,10H2,(H,25,26). The largest absolute Gasteiger partial charge is 0.480 e. The van der Waals surface area contributed by atoms with Crippen molar-refractivity contribution in [3.05, 3.63) is 70.6 Å². The molecule has 1 N–H and O–H groups in total. The van der Waals surface area contributed by atoms with E-state index in [2.05, 4.69) is 0 Å². The number of nitrogens with zero attached hydrogens (tertiary/aromatic N) is 1. The molecule has 3 aromatic rings. The van der Waals surface area contributed by atoms with Crippen LogP contribution in [-0.2, 0) is 4.79 Å². The van der Waals surface area contributed by atoms with Crippen LogP contribution in [0.2, 0.25) is 0 Å². The van der Waals surface area contributed by atoms with E-state index < -0.39 is 29.7 Å². The topological polar surface area (TPSA) is 40.5 Å². The first-order valence-corrected chi connectivity index (χ1v) is 9.84. The maximum absolute atomic E-state index is 14.8. The third-order valence-corrected chi connectivity index (χ3v) is 6.21. The number of thiophene rings is 1. The van der Waals surface area contributed by atoms with Crippen molar-refractivity contribution < 1.29 is 18.7 Å². The van der Waals surface area contributed by atoms with Crippen LogP contribution >= 0.6 is 11.3 Å². The van der Waals surface area contributed by atoms with Gasteiger partial charge in [-0.2, -0.15) is 0 Å². The molecule has 0 spiro atoms. The van der Waals surface area contributed by atoms with Crippen LogP contribution in [0.3, 0.4) is 0 Å². The lowest BCUT2D eigenvalue weighted by Gasteiger charge is -2.39. The summed E-state index contributed by atoms with van der Waals surface area (Å²) in [6.45, 7) is 0.558. The highest BCUT2D eigenvalue weighted by atomic mass is 32.1. The summed E-state index contributed by atoms with van der Waals surface area (Å²) in [5, 5.41) is 12.7. The van der Waals surface area contributed by atoms with E-state index >= 15 is 0 Å². The Hall–Kier alpha value is -2.31. The molecular formula is C21H19F2NO2S. The Morgan fingerprint density at radius 3 is 2.74 bits per heavy atom. The Kier molecular flexibility index (Phi) is 4.93. The fourth-order valence-corrected chi connectivity index (χ4v) is 4.97. The molecule has 4 rings (SSSR count). The molecule has 3 nitrogen and oxygen atoms in total. The minimum Gasteiger partial charge on any atom is -0.480 e. The van der Waals surface area contributed by atoms with E-state index in [1.54, 1.807) is 11.3 Å². The van der Waals surface area contributed by atoms with Gasteiger partial charge in [0.2, 0.25) is 0 Å². The molecule has 2 atom stereocenters. The van der Waals surface area contributed by atoms with Gasteiger partial charge in [0, 0.05) is 16.3 Å². The summed E-state index contributed by atoms with van der Waals surface area (Å²) >= 11 is 1.55. The Balaban J connectivity index is 1.91. The van der Waals surface area contributed by atoms with Gasteiger partial charge in [0.1, 0.15) is 17.7 Å². The average Bonchev–Trinajstić information content (AvgIpc) is 3.08. The van der Waals surface area contributed by atoms with E-state index in [1.165, 1.54) is 12.1 Å². The van der Waals surface area contributed by atoms with Gasteiger partial charge in [-0.15, -0.1) is 11.3 Å². The molecule has 1 aliphatic rings. The average molecular weight is 387 g/mol. The number of halogens is 2. The van der Waals surface area contributed by atoms with Crippen molar-refractivity contribution >= 4 is 27.4 Å². The number of carbonyl (C=O) groups is 1. The normalized spacial score (nSPS) is 19.3. The first-order chi connectivity index (χ1) is 13.1. The summed E-state index contributed by atoms with van der Waals surface area (Å²) in [6, 6.07) is 10.1. The van der Waals surface area contributed by atoms with E-state index in [4.69, 9.17) is 0 Å². The van der Waals surface area contributed by atoms with Crippen molar-refractivity contribution in [1.29, 1.82) is 0 Å². The molecule has 0 amide bonds. The summed E-state index contributed by atoms with van der Waals surface area (Å²) in [7, 11) is 0. The molecule has 2 heterocycles. The number of rotatable bonds is 4. The molecule has 0 bridgehead atoms. The maximum Gasteiger partial charge on any atom is 0.320 e. The van der Waals surface area contributed by atoms with E-state index in [1.807, 2.05) is 34.5 Å². The minimum absolute atomic E-state index is 0.313. The third kappa shape index (κ3) is 3.35. The van der Waals surface area contributed by atoms with Gasteiger partial charge in [0.25, 0.3) is 0 Å². The number of benzene rings is 2. The van der Waals surface area contributed by atoms with Gasteiger partial charge >= 0.3 is 5.97 Å². The van der Waals surface area contributed by atoms with Crippen LogP contribution in [0.1, 0.15) is 36.4 Å². The van der Waals surface area contributed by atoms with Gasteiger partial charge in [-0.1, -0.05) is 30.7 Å². The predicted molar refractivity (Wildman–Crippen MR) is 102 cm³/mol. The minimum atomic E-state index is -0.901. The van der Waals surface area contributed by atoms with E-state index in [0.29, 0.717) is 18.5 Å². The molecule has 1 aromatic heterocycles. The molecule has 0 saturated carbocycles. The van der Waals surface area contributed by atoms with Gasteiger partial charge in [-0.3, -0.25) is 9.69 Å². The van der Waals surface area contributed by atoms with Gasteiger partial charge in [-0.25, -0.2) is 8.78 Å². The number of carboxylic acid groups (broad SMARTS) is 1. The zero-order chi connectivity index (χ0) is 19.0. The lowest BCUT2D eigenvalue weighted by Crippen LogP contribution is -2.47. The summed E-state index contributed by atoms with van der Waals surface area (Å²) < 4.78 is 29.3. The van der Waals surface area contributed by atoms with E-state index in [0.717, 1.165) is 34.6 Å². The quantitative estimate of drug-likeness (QED) is 0.668. The maximum atomic E-state index is 14.8. The summed E-state index contributed by atoms with van der Waals surface area (Å²) in [5.41, 5.74) is 1.18. The molecule has 2 unspecified atom stereocenters. The van der Waals surface area contributed by atoms with Crippen LogP contribution in [0.4, 0.5) is 8.78 Å². The number of fused-ring (bicyclic) bond motifs is 1. The van der Waals surface area contributed by atoms with Gasteiger partial charge in [-0.05, 0) is 47.8 Å². The first-order valence-electron chi connectivity index (χ1n) is 8.96. The molecule has 2 aromatic carbocycles. The zero-order valence-corrected chi connectivity index (χ0v) is 15.4. The van der Waals surface area contributed by atoms with Crippen LogP contribution in [0.25, 0.3) is 10.1 Å². The van der Waals surface area contributed by atoms with Crippen LogP contribution in [0.15, 0.2) is 47.8 Å². The van der Waals surface area contributed by atoms with Crippen molar-refractivity contribution in [2.75, 3.05) is 6.54 Å². The predicted octanol–water partition coefficient (Wildman–Crippen LogP) is 5.21. The van der Waals surface area contributed by atoms with E-state index in [9.17, 15) is 18.7 Å². The Morgan fingerprint density at radius 2 is 1.96 bits per heavy atom. The number of carboxylic acids is 1. The van der Waals surface area contributed by atoms with Crippen LogP contribution < -0.4 is 0 Å². The molecule has 140 valence electrons. The molecule has 27 heavy (non-hydrogen) atoms. The zero-order valence-electron chi connectivity index (χ0n) is 14.6. The molecule has 0 aliphatic carbocycles. The Labute approximate surface area is 159 Å². The second-order valence-corrected chi connectivity index (χ2v) is 7.75. The second-order valence-electron chi connectivity index (χ2n) is 6.84. The molecular weight excluding hydrogens is 368 g/mol. The van der Waals surface area contributed by atoms with Crippen molar-refractivity contribution in [3.8, 4) is 0 Å². The highest BCUT2D eigenvalue weighted by molar-refractivity contribution is 7.17. The monoisotopic (exact) mass is 387 g/mol. The highest BCUT2D eigenvalue weighted by Crippen LogP contribution is 2.40. The molecule has 6 heteroatoms. The lowest BCUT2D eigenvalue weighted by atomic mass is 9.91. The lowest BCUT2D eigenvalue weighted by molar-refractivity contribution is -0.145. The summed E-state index contributed by atoms with van der Waals surface area (Å²) in [6.07, 6.45) is 2.21. The van der Waals surface area contributed by atoms with Crippen molar-refractivity contribution in [2.45, 2.75) is 31.3 Å². The number of hydrogen-bond donors (Lipinski definition) is 1.